The Hall–Kier alpha value is -6.11. The van der Waals surface area contributed by atoms with Crippen molar-refractivity contribution in [1.29, 1.82) is 0 Å². The van der Waals surface area contributed by atoms with E-state index in [4.69, 9.17) is 0 Å². The maximum atomic E-state index is 13.1. The second-order valence-electron chi connectivity index (χ2n) is 14.1. The Kier molecular flexibility index (Phi) is 11.4. The number of imidazole rings is 1. The van der Waals surface area contributed by atoms with Crippen molar-refractivity contribution >= 4 is 35.0 Å². The van der Waals surface area contributed by atoms with Crippen LogP contribution in [0.5, 0.6) is 0 Å². The van der Waals surface area contributed by atoms with E-state index in [0.717, 1.165) is 35.4 Å². The lowest BCUT2D eigenvalue weighted by Gasteiger charge is -2.26. The molecule has 4 atom stereocenters. The van der Waals surface area contributed by atoms with Crippen LogP contribution in [0, 0.1) is 0 Å². The molecule has 12 nitrogen and oxygen atoms in total. The van der Waals surface area contributed by atoms with Gasteiger partial charge in [-0.25, -0.2) is 4.98 Å². The quantitative estimate of drug-likeness (QED) is 0.107. The largest absolute Gasteiger partial charge is 0.378 e. The van der Waals surface area contributed by atoms with Crippen molar-refractivity contribution in [2.45, 2.75) is 62.8 Å². The number of nitrogens with one attached hydrogen (secondary N) is 3. The number of aliphatic hydroxyl groups excluding tert-OH is 2. The molecule has 3 heterocycles. The van der Waals surface area contributed by atoms with Gasteiger partial charge in [-0.2, -0.15) is 0 Å². The molecule has 2 aliphatic heterocycles. The summed E-state index contributed by atoms with van der Waals surface area (Å²) >= 11 is 0. The molecule has 2 fully saturated rings. The van der Waals surface area contributed by atoms with E-state index in [1.807, 2.05) is 60.7 Å². The number of aromatic amines is 1. The third-order valence-electron chi connectivity index (χ3n) is 10.4. The molecule has 5 N–H and O–H groups in total. The number of aliphatic hydroxyl groups is 2. The molecule has 1 aromatic heterocycles. The average Bonchev–Trinajstić information content (AvgIpc) is 4.00. The number of carbonyl (C=O) groups is 4. The number of rotatable bonds is 12. The summed E-state index contributed by atoms with van der Waals surface area (Å²) in [5.41, 5.74) is 5.50. The van der Waals surface area contributed by atoms with Gasteiger partial charge >= 0.3 is 0 Å². The van der Waals surface area contributed by atoms with Crippen LogP contribution in [0.2, 0.25) is 0 Å². The molecule has 0 bridgehead atoms. The summed E-state index contributed by atoms with van der Waals surface area (Å²) in [4.78, 5) is 63.2. The van der Waals surface area contributed by atoms with Gasteiger partial charge in [-0.05, 0) is 61.1 Å². The second kappa shape index (κ2) is 16.9. The van der Waals surface area contributed by atoms with Crippen LogP contribution in [0.4, 0.5) is 11.4 Å². The Morgan fingerprint density at radius 2 is 1.07 bits per heavy atom. The highest BCUT2D eigenvalue weighted by molar-refractivity contribution is 5.93. The SMILES string of the molecule is O=C(C[C@@H]1CCCN1C(=O)[C@H](O)c1ccccc1)Nc1ccc(-c2nc[nH]c2-c2ccc(NC(=O)C[C@@H]3CCCN3C(=O)[C@H](O)c3ccccc3)cc2)cc1. The zero-order chi connectivity index (χ0) is 38.3. The lowest BCUT2D eigenvalue weighted by atomic mass is 10.0. The van der Waals surface area contributed by atoms with Crippen molar-refractivity contribution in [1.82, 2.24) is 19.8 Å². The molecule has 2 aliphatic rings. The fourth-order valence-electron chi connectivity index (χ4n) is 7.56. The molecule has 0 spiro atoms. The van der Waals surface area contributed by atoms with E-state index in [1.165, 1.54) is 0 Å². The van der Waals surface area contributed by atoms with Crippen LogP contribution in [0.25, 0.3) is 22.5 Å². The number of hydrogen-bond donors (Lipinski definition) is 5. The molecule has 0 aliphatic carbocycles. The predicted molar refractivity (Wildman–Crippen MR) is 208 cm³/mol. The minimum atomic E-state index is -1.26. The Balaban J connectivity index is 0.922. The molecule has 0 saturated carbocycles. The number of amides is 4. The first-order valence-corrected chi connectivity index (χ1v) is 18.7. The van der Waals surface area contributed by atoms with E-state index in [2.05, 4.69) is 20.6 Å². The van der Waals surface area contributed by atoms with Gasteiger partial charge in [0, 0.05) is 60.5 Å². The van der Waals surface area contributed by atoms with Gasteiger partial charge in [-0.1, -0.05) is 84.9 Å². The Morgan fingerprint density at radius 3 is 1.53 bits per heavy atom. The number of hydrogen-bond acceptors (Lipinski definition) is 7. The van der Waals surface area contributed by atoms with Crippen molar-refractivity contribution in [2.24, 2.45) is 0 Å². The van der Waals surface area contributed by atoms with Crippen LogP contribution in [0.1, 0.15) is 61.9 Å². The van der Waals surface area contributed by atoms with Crippen molar-refractivity contribution in [3.05, 3.63) is 127 Å². The number of H-pyrrole nitrogens is 1. The molecule has 4 amide bonds. The van der Waals surface area contributed by atoms with E-state index in [9.17, 15) is 29.4 Å². The number of anilines is 2. The molecule has 12 heteroatoms. The van der Waals surface area contributed by atoms with Gasteiger partial charge in [-0.3, -0.25) is 19.2 Å². The highest BCUT2D eigenvalue weighted by Crippen LogP contribution is 2.32. The van der Waals surface area contributed by atoms with Crippen molar-refractivity contribution in [2.75, 3.05) is 23.7 Å². The summed E-state index contributed by atoms with van der Waals surface area (Å²) in [6.07, 6.45) is 2.29. The molecule has 282 valence electrons. The monoisotopic (exact) mass is 740 g/mol. The third kappa shape index (κ3) is 8.66. The van der Waals surface area contributed by atoms with E-state index in [0.29, 0.717) is 48.4 Å². The van der Waals surface area contributed by atoms with E-state index in [-0.39, 0.29) is 48.6 Å². The molecule has 55 heavy (non-hydrogen) atoms. The highest BCUT2D eigenvalue weighted by atomic mass is 16.3. The smallest absolute Gasteiger partial charge is 0.256 e. The standard InChI is InChI=1S/C43H44N6O6/c50-36(25-34-13-7-23-48(34)42(54)40(52)30-9-3-1-4-10-30)46-32-19-15-28(16-20-32)38-39(45-27-44-38)29-17-21-33(22-18-29)47-37(51)26-35-14-8-24-49(35)43(55)41(53)31-11-5-2-6-12-31/h1-6,9-12,15-22,27,34-35,40-41,52-53H,7-8,13-14,23-26H2,(H,44,45)(H,46,50)(H,47,51)/t34-,35-,40+,41+/m0/s1. The summed E-state index contributed by atoms with van der Waals surface area (Å²) in [5, 5.41) is 27.2. The zero-order valence-corrected chi connectivity index (χ0v) is 30.3. The number of likely N-dealkylation sites (tertiary alicyclic amines) is 2. The minimum Gasteiger partial charge on any atom is -0.378 e. The Labute approximate surface area is 319 Å². The van der Waals surface area contributed by atoms with Crippen molar-refractivity contribution in [3.8, 4) is 22.5 Å². The fourth-order valence-corrected chi connectivity index (χ4v) is 7.56. The van der Waals surface area contributed by atoms with Crippen LogP contribution in [0.3, 0.4) is 0 Å². The van der Waals surface area contributed by atoms with Crippen molar-refractivity contribution in [3.63, 3.8) is 0 Å². The number of carbonyl (C=O) groups excluding carboxylic acids is 4. The van der Waals surface area contributed by atoms with Crippen LogP contribution < -0.4 is 10.6 Å². The van der Waals surface area contributed by atoms with Gasteiger partial charge in [0.15, 0.2) is 12.2 Å². The summed E-state index contributed by atoms with van der Waals surface area (Å²) in [5.74, 6) is -1.20. The van der Waals surface area contributed by atoms with Crippen LogP contribution in [0.15, 0.2) is 116 Å². The van der Waals surface area contributed by atoms with Gasteiger partial charge in [-0.15, -0.1) is 0 Å². The first kappa shape index (κ1) is 37.2. The molecular formula is C43H44N6O6. The molecule has 7 rings (SSSR count). The maximum absolute atomic E-state index is 13.1. The Morgan fingerprint density at radius 1 is 0.636 bits per heavy atom. The number of benzene rings is 4. The maximum Gasteiger partial charge on any atom is 0.256 e. The fraction of sp³-hybridized carbons (Fsp3) is 0.279. The van der Waals surface area contributed by atoms with Crippen LogP contribution in [-0.2, 0) is 19.2 Å². The highest BCUT2D eigenvalue weighted by Gasteiger charge is 2.35. The topological polar surface area (TPSA) is 168 Å². The first-order valence-electron chi connectivity index (χ1n) is 18.7. The Bertz CT molecular complexity index is 1960. The van der Waals surface area contributed by atoms with E-state index < -0.39 is 12.2 Å². The predicted octanol–water partition coefficient (Wildman–Crippen LogP) is 5.85. The lowest BCUT2D eigenvalue weighted by Crippen LogP contribution is -2.40. The van der Waals surface area contributed by atoms with Gasteiger partial charge in [0.05, 0.1) is 17.7 Å². The summed E-state index contributed by atoms with van der Waals surface area (Å²) in [6.45, 7) is 1.01. The van der Waals surface area contributed by atoms with Gasteiger partial charge in [0.25, 0.3) is 11.8 Å². The lowest BCUT2D eigenvalue weighted by molar-refractivity contribution is -0.142. The molecule has 4 aromatic carbocycles. The molecule has 0 unspecified atom stereocenters. The normalized spacial score (nSPS) is 17.8. The van der Waals surface area contributed by atoms with Gasteiger partial charge in [0.2, 0.25) is 11.8 Å². The number of aromatic nitrogens is 2. The molecule has 5 aromatic rings. The first-order chi connectivity index (χ1) is 26.7. The van der Waals surface area contributed by atoms with Crippen LogP contribution >= 0.6 is 0 Å². The molecule has 2 saturated heterocycles. The zero-order valence-electron chi connectivity index (χ0n) is 30.3. The summed E-state index contributed by atoms with van der Waals surface area (Å²) in [6, 6.07) is 31.8. The van der Waals surface area contributed by atoms with Crippen molar-refractivity contribution < 1.29 is 29.4 Å². The minimum absolute atomic E-state index is 0.132. The molecule has 0 radical (unpaired) electrons. The third-order valence-corrected chi connectivity index (χ3v) is 10.4. The van der Waals surface area contributed by atoms with Gasteiger partial charge < -0.3 is 35.6 Å². The second-order valence-corrected chi connectivity index (χ2v) is 14.1. The van der Waals surface area contributed by atoms with Gasteiger partial charge in [0.1, 0.15) is 0 Å². The molecular weight excluding hydrogens is 697 g/mol. The average molecular weight is 741 g/mol. The summed E-state index contributed by atoms with van der Waals surface area (Å²) < 4.78 is 0. The van der Waals surface area contributed by atoms with E-state index >= 15 is 0 Å². The summed E-state index contributed by atoms with van der Waals surface area (Å²) in [7, 11) is 0. The number of nitrogens with zero attached hydrogens (tertiary/aromatic N) is 3. The van der Waals surface area contributed by atoms with Crippen LogP contribution in [-0.4, -0.2) is 78.8 Å². The van der Waals surface area contributed by atoms with E-state index in [1.54, 1.807) is 64.7 Å².